The van der Waals surface area contributed by atoms with Crippen molar-refractivity contribution in [2.24, 2.45) is 5.41 Å². The van der Waals surface area contributed by atoms with Crippen LogP contribution in [0.15, 0.2) is 11.4 Å². The largest absolute Gasteiger partial charge is 0.313 e. The van der Waals surface area contributed by atoms with Gasteiger partial charge in [0.05, 0.1) is 2.88 Å². The van der Waals surface area contributed by atoms with E-state index in [-0.39, 0.29) is 0 Å². The topological polar surface area (TPSA) is 12.0 Å². The van der Waals surface area contributed by atoms with Crippen molar-refractivity contribution in [2.75, 3.05) is 7.05 Å². The van der Waals surface area contributed by atoms with Gasteiger partial charge in [-0.2, -0.15) is 0 Å². The van der Waals surface area contributed by atoms with Crippen LogP contribution in [0.2, 0.25) is 0 Å². The molecule has 0 fully saturated rings. The summed E-state index contributed by atoms with van der Waals surface area (Å²) in [5.74, 6) is 0. The summed E-state index contributed by atoms with van der Waals surface area (Å²) in [7, 11) is 2.05. The molecule has 15 heavy (non-hydrogen) atoms. The minimum absolute atomic E-state index is 0.429. The molecule has 1 atom stereocenters. The summed E-state index contributed by atoms with van der Waals surface area (Å²) in [5.41, 5.74) is 1.87. The van der Waals surface area contributed by atoms with E-state index in [0.29, 0.717) is 11.5 Å². The van der Waals surface area contributed by atoms with E-state index in [0.717, 1.165) is 0 Å². The lowest BCUT2D eigenvalue weighted by Gasteiger charge is -2.22. The van der Waals surface area contributed by atoms with Gasteiger partial charge in [-0.25, -0.2) is 0 Å². The first kappa shape index (κ1) is 13.5. The van der Waals surface area contributed by atoms with Crippen molar-refractivity contribution in [3.63, 3.8) is 0 Å². The minimum atomic E-state index is 0.429. The Bertz CT molecular complexity index is 301. The highest BCUT2D eigenvalue weighted by atomic mass is 127. The van der Waals surface area contributed by atoms with Gasteiger partial charge in [0, 0.05) is 6.04 Å². The molecule has 1 heterocycles. The summed E-state index contributed by atoms with van der Waals surface area (Å²) in [6.45, 7) is 6.91. The number of thiophene rings is 1. The fourth-order valence-corrected chi connectivity index (χ4v) is 2.99. The summed E-state index contributed by atoms with van der Waals surface area (Å²) < 4.78 is 1.37. The van der Waals surface area contributed by atoms with E-state index in [1.165, 1.54) is 21.3 Å². The van der Waals surface area contributed by atoms with Crippen LogP contribution >= 0.6 is 33.9 Å². The van der Waals surface area contributed by atoms with E-state index in [4.69, 9.17) is 0 Å². The molecule has 0 radical (unpaired) electrons. The molecule has 0 aliphatic rings. The highest BCUT2D eigenvalue weighted by molar-refractivity contribution is 14.1. The molecule has 1 unspecified atom stereocenters. The molecule has 1 N–H and O–H groups in total. The Morgan fingerprint density at radius 2 is 2.13 bits per heavy atom. The zero-order valence-electron chi connectivity index (χ0n) is 9.93. The highest BCUT2D eigenvalue weighted by Gasteiger charge is 2.16. The average Bonchev–Trinajstić information content (AvgIpc) is 2.51. The number of rotatable bonds is 4. The van der Waals surface area contributed by atoms with E-state index in [1.54, 1.807) is 0 Å². The van der Waals surface area contributed by atoms with E-state index in [1.807, 2.05) is 11.3 Å². The monoisotopic (exact) mass is 337 g/mol. The predicted molar refractivity (Wildman–Crippen MR) is 77.5 cm³/mol. The van der Waals surface area contributed by atoms with Gasteiger partial charge in [-0.1, -0.05) is 20.8 Å². The molecular formula is C12H20INS. The van der Waals surface area contributed by atoms with Crippen LogP contribution in [0.4, 0.5) is 0 Å². The summed E-state index contributed by atoms with van der Waals surface area (Å²) >= 11 is 4.21. The molecule has 1 aromatic heterocycles. The van der Waals surface area contributed by atoms with Gasteiger partial charge in [0.15, 0.2) is 0 Å². The van der Waals surface area contributed by atoms with Gasteiger partial charge in [0.2, 0.25) is 0 Å². The van der Waals surface area contributed by atoms with E-state index in [9.17, 15) is 0 Å². The molecule has 0 aliphatic carbocycles. The van der Waals surface area contributed by atoms with Gasteiger partial charge in [0.25, 0.3) is 0 Å². The van der Waals surface area contributed by atoms with Crippen molar-refractivity contribution < 1.29 is 0 Å². The molecule has 0 bridgehead atoms. The molecule has 0 amide bonds. The highest BCUT2D eigenvalue weighted by Crippen LogP contribution is 2.29. The fraction of sp³-hybridized carbons (Fsp3) is 0.667. The minimum Gasteiger partial charge on any atom is -0.313 e. The second-order valence-electron chi connectivity index (χ2n) is 5.12. The van der Waals surface area contributed by atoms with Gasteiger partial charge in [0.1, 0.15) is 0 Å². The summed E-state index contributed by atoms with van der Waals surface area (Å²) in [5, 5.41) is 5.68. The van der Waals surface area contributed by atoms with Crippen LogP contribution in [0.3, 0.4) is 0 Å². The average molecular weight is 337 g/mol. The molecule has 1 nitrogen and oxygen atoms in total. The van der Waals surface area contributed by atoms with Gasteiger partial charge in [-0.05, 0) is 64.9 Å². The molecule has 0 aliphatic heterocycles. The quantitative estimate of drug-likeness (QED) is 0.801. The molecule has 0 saturated heterocycles. The van der Waals surface area contributed by atoms with Crippen molar-refractivity contribution in [1.29, 1.82) is 0 Å². The van der Waals surface area contributed by atoms with Crippen LogP contribution in [-0.2, 0) is 0 Å². The van der Waals surface area contributed by atoms with Crippen molar-refractivity contribution in [3.8, 4) is 0 Å². The number of hydrogen-bond donors (Lipinski definition) is 1. The summed E-state index contributed by atoms with van der Waals surface area (Å²) in [6.07, 6.45) is 2.47. The predicted octanol–water partition coefficient (Wildman–Crippen LogP) is 4.44. The normalized spacial score (nSPS) is 14.2. The third-order valence-electron chi connectivity index (χ3n) is 2.52. The lowest BCUT2D eigenvalue weighted by atomic mass is 9.87. The molecule has 3 heteroatoms. The molecule has 0 spiro atoms. The van der Waals surface area contributed by atoms with Crippen LogP contribution in [0.25, 0.3) is 0 Å². The fourth-order valence-electron chi connectivity index (χ4n) is 1.56. The lowest BCUT2D eigenvalue weighted by molar-refractivity contribution is 0.338. The first-order chi connectivity index (χ1) is 6.92. The zero-order valence-corrected chi connectivity index (χ0v) is 12.9. The van der Waals surface area contributed by atoms with Gasteiger partial charge in [-0.3, -0.25) is 0 Å². The Morgan fingerprint density at radius 3 is 2.53 bits per heavy atom. The maximum absolute atomic E-state index is 3.41. The third kappa shape index (κ3) is 4.83. The van der Waals surface area contributed by atoms with Gasteiger partial charge < -0.3 is 5.32 Å². The Balaban J connectivity index is 2.57. The van der Waals surface area contributed by atoms with Crippen LogP contribution in [-0.4, -0.2) is 7.05 Å². The Hall–Kier alpha value is 0.390. The van der Waals surface area contributed by atoms with E-state index < -0.39 is 0 Å². The van der Waals surface area contributed by atoms with Crippen molar-refractivity contribution in [3.05, 3.63) is 19.9 Å². The second-order valence-corrected chi connectivity index (χ2v) is 7.93. The van der Waals surface area contributed by atoms with Gasteiger partial charge >= 0.3 is 0 Å². The Kier molecular flexibility index (Phi) is 5.06. The van der Waals surface area contributed by atoms with Crippen molar-refractivity contribution in [1.82, 2.24) is 5.32 Å². The molecule has 0 aromatic carbocycles. The van der Waals surface area contributed by atoms with Crippen LogP contribution in [0.1, 0.15) is 45.2 Å². The Morgan fingerprint density at radius 1 is 1.47 bits per heavy atom. The van der Waals surface area contributed by atoms with Gasteiger partial charge in [-0.15, -0.1) is 11.3 Å². The third-order valence-corrected chi connectivity index (χ3v) is 4.33. The molecule has 0 saturated carbocycles. The second kappa shape index (κ2) is 5.64. The Labute approximate surface area is 111 Å². The van der Waals surface area contributed by atoms with Crippen LogP contribution in [0.5, 0.6) is 0 Å². The molecule has 86 valence electrons. The summed E-state index contributed by atoms with van der Waals surface area (Å²) in [4.78, 5) is 0. The molecule has 1 rings (SSSR count). The number of hydrogen-bond acceptors (Lipinski definition) is 2. The van der Waals surface area contributed by atoms with E-state index in [2.05, 4.69) is 67.2 Å². The van der Waals surface area contributed by atoms with Crippen molar-refractivity contribution >= 4 is 33.9 Å². The zero-order chi connectivity index (χ0) is 11.5. The van der Waals surface area contributed by atoms with Crippen LogP contribution < -0.4 is 5.32 Å². The lowest BCUT2D eigenvalue weighted by Crippen LogP contribution is -2.18. The first-order valence-electron chi connectivity index (χ1n) is 5.33. The summed E-state index contributed by atoms with van der Waals surface area (Å²) in [6, 6.07) is 2.80. The SMILES string of the molecule is CNC(CCC(C)(C)C)c1csc(I)c1. The van der Waals surface area contributed by atoms with Crippen molar-refractivity contribution in [2.45, 2.75) is 39.7 Å². The smallest absolute Gasteiger partial charge is 0.0656 e. The van der Waals surface area contributed by atoms with E-state index >= 15 is 0 Å². The molecule has 1 aromatic rings. The number of halogens is 1. The number of nitrogens with one attached hydrogen (secondary N) is 1. The molecular weight excluding hydrogens is 317 g/mol. The standard InChI is InChI=1S/C12H20INS/c1-12(2,3)6-5-10(14-4)9-7-11(13)15-8-9/h7-8,10,14H,5-6H2,1-4H3. The maximum atomic E-state index is 3.41. The maximum Gasteiger partial charge on any atom is 0.0656 e. The first-order valence-corrected chi connectivity index (χ1v) is 7.29. The van der Waals surface area contributed by atoms with Crippen LogP contribution in [0, 0.1) is 8.30 Å².